The Hall–Kier alpha value is -11.0. The lowest BCUT2D eigenvalue weighted by atomic mass is 9.93. The number of hydrogen-bond donors (Lipinski definition) is 3. The van der Waals surface area contributed by atoms with Gasteiger partial charge in [-0.25, -0.2) is 58.1 Å². The molecule has 6 saturated carbocycles. The Balaban J connectivity index is 0.000000130. The molecule has 15 heterocycles. The van der Waals surface area contributed by atoms with Crippen LogP contribution in [-0.4, -0.2) is 199 Å². The summed E-state index contributed by atoms with van der Waals surface area (Å²) >= 11 is 0. The number of nitrogens with zero attached hydrogens (tertiary/aromatic N) is 18. The first-order valence-electron chi connectivity index (χ1n) is 48.9. The summed E-state index contributed by atoms with van der Waals surface area (Å²) in [5.41, 5.74) is -0.317. The number of rotatable bonds is 21. The standard InChI is InChI=1S/3C33H43N7O4S/c3*1-33(2)20-22-6-5-17-38(3)27-7-4-8-30(34-27)45(42,43)37-32(41)26-13-14-28(35-31(26)39(33)21-22)40-18-15-29(36-40)44-19-16-25(23-9-10-23)24-11-12-24/h3*4,7-8,13-15,18,22-25H,5-6,9-12,16-17,19-21H2,1-3H3,(H,37,41). The number of aromatic nitrogens is 12. The van der Waals surface area contributed by atoms with Gasteiger partial charge in [-0.3, -0.25) is 14.4 Å². The van der Waals surface area contributed by atoms with Gasteiger partial charge in [-0.1, -0.05) is 18.2 Å². The van der Waals surface area contributed by atoms with E-state index in [1.165, 1.54) is 95.2 Å². The van der Waals surface area contributed by atoms with Crippen LogP contribution in [0.4, 0.5) is 34.9 Å². The minimum absolute atomic E-state index is 0.189. The van der Waals surface area contributed by atoms with Crippen LogP contribution in [0, 0.1) is 71.0 Å². The number of nitrogens with one attached hydrogen (secondary N) is 3. The third-order valence-electron chi connectivity index (χ3n) is 30.0. The quantitative estimate of drug-likeness (QED) is 0.0601. The number of carbonyl (C=O) groups is 3. The monoisotopic (exact) mass is 1900 g/mol. The maximum atomic E-state index is 13.7. The highest BCUT2D eigenvalue weighted by atomic mass is 32.2. The van der Waals surface area contributed by atoms with Crippen molar-refractivity contribution in [1.29, 1.82) is 0 Å². The summed E-state index contributed by atoms with van der Waals surface area (Å²) < 4.78 is 110. The number of sulfonamides is 3. The molecule has 6 aliphatic carbocycles. The highest BCUT2D eigenvalue weighted by molar-refractivity contribution is 7.90. The lowest BCUT2D eigenvalue weighted by Crippen LogP contribution is -2.41. The second-order valence-corrected chi connectivity index (χ2v) is 46.7. The molecule has 21 rings (SSSR count). The molecule has 3 N–H and O–H groups in total. The predicted octanol–water partition coefficient (Wildman–Crippen LogP) is 14.5. The van der Waals surface area contributed by atoms with Gasteiger partial charge in [-0.15, -0.1) is 15.3 Å². The third-order valence-corrected chi connectivity index (χ3v) is 33.6. The predicted molar refractivity (Wildman–Crippen MR) is 514 cm³/mol. The van der Waals surface area contributed by atoms with Gasteiger partial charge in [0, 0.05) is 114 Å². The largest absolute Gasteiger partial charge is 0.477 e. The van der Waals surface area contributed by atoms with Crippen LogP contribution in [-0.2, 0) is 30.1 Å². The number of anilines is 6. The average molecular weight is 1900 g/mol. The van der Waals surface area contributed by atoms with Gasteiger partial charge in [0.25, 0.3) is 47.8 Å². The molecule has 3 saturated heterocycles. The Bertz CT molecular complexity index is 5600. The van der Waals surface area contributed by atoms with Crippen LogP contribution < -0.4 is 57.8 Å². The van der Waals surface area contributed by atoms with Crippen molar-refractivity contribution in [2.75, 3.05) is 110 Å². The second-order valence-electron chi connectivity index (χ2n) is 41.8. The fourth-order valence-electron chi connectivity index (χ4n) is 22.0. The van der Waals surface area contributed by atoms with Crippen LogP contribution in [0.15, 0.2) is 143 Å². The Labute approximate surface area is 792 Å². The maximum absolute atomic E-state index is 13.7. The van der Waals surface area contributed by atoms with Crippen molar-refractivity contribution in [2.24, 2.45) is 71.0 Å². The molecule has 3 amide bonds. The molecule has 9 aromatic heterocycles. The molecular weight excluding hydrogens is 1770 g/mol. The zero-order valence-electron chi connectivity index (χ0n) is 79.1. The second kappa shape index (κ2) is 37.8. The number of amides is 3. The van der Waals surface area contributed by atoms with Gasteiger partial charge < -0.3 is 43.6 Å². The van der Waals surface area contributed by atoms with Crippen LogP contribution in [0.5, 0.6) is 17.6 Å². The first-order chi connectivity index (χ1) is 64.7. The summed E-state index contributed by atoms with van der Waals surface area (Å²) in [6, 6.07) is 30.0. The lowest BCUT2D eigenvalue weighted by molar-refractivity contribution is 0.0972. The Morgan fingerprint density at radius 1 is 0.341 bits per heavy atom. The molecule has 9 aromatic rings. The summed E-state index contributed by atoms with van der Waals surface area (Å²) in [6.07, 6.45) is 33.5. The molecule has 0 aromatic carbocycles. The van der Waals surface area contributed by atoms with E-state index in [1.807, 2.05) is 72.6 Å². The van der Waals surface area contributed by atoms with Crippen molar-refractivity contribution >= 4 is 82.7 Å². The van der Waals surface area contributed by atoms with E-state index in [4.69, 9.17) is 29.2 Å². The van der Waals surface area contributed by atoms with Gasteiger partial charge in [-0.05, 0) is 339 Å². The van der Waals surface area contributed by atoms with Crippen molar-refractivity contribution in [1.82, 2.24) is 73.4 Å². The molecule has 0 spiro atoms. The van der Waals surface area contributed by atoms with Crippen LogP contribution in [0.2, 0.25) is 0 Å². The number of pyridine rings is 6. The van der Waals surface area contributed by atoms with E-state index in [9.17, 15) is 39.6 Å². The van der Waals surface area contributed by atoms with Gasteiger partial charge >= 0.3 is 0 Å². The van der Waals surface area contributed by atoms with Gasteiger partial charge in [0.15, 0.2) is 32.5 Å². The van der Waals surface area contributed by atoms with E-state index < -0.39 is 47.8 Å². The molecule has 720 valence electrons. The van der Waals surface area contributed by atoms with E-state index in [2.05, 4.69) is 101 Å². The zero-order chi connectivity index (χ0) is 94.0. The maximum Gasteiger partial charge on any atom is 0.281 e. The van der Waals surface area contributed by atoms with Crippen LogP contribution in [0.25, 0.3) is 17.5 Å². The summed E-state index contributed by atoms with van der Waals surface area (Å²) in [7, 11) is -6.97. The topological polar surface area (TPSA) is 368 Å². The molecule has 3 atom stereocenters. The van der Waals surface area contributed by atoms with E-state index in [-0.39, 0.29) is 48.4 Å². The van der Waals surface area contributed by atoms with Gasteiger partial charge in [0.05, 0.1) is 36.5 Å². The fraction of sp³-hybridized carbons (Fsp3) is 0.576. The van der Waals surface area contributed by atoms with Crippen molar-refractivity contribution in [3.8, 4) is 35.1 Å². The Morgan fingerprint density at radius 3 is 0.852 bits per heavy atom. The normalized spacial score (nSPS) is 22.8. The van der Waals surface area contributed by atoms with E-state index in [0.717, 1.165) is 150 Å². The van der Waals surface area contributed by atoms with Gasteiger partial charge in [-0.2, -0.15) is 25.3 Å². The van der Waals surface area contributed by atoms with Crippen molar-refractivity contribution < 1.29 is 53.8 Å². The van der Waals surface area contributed by atoms with E-state index in [1.54, 1.807) is 86.8 Å². The average Bonchev–Trinajstić information content (AvgIpc) is 1.15. The van der Waals surface area contributed by atoms with Gasteiger partial charge in [0.1, 0.15) is 34.9 Å². The first-order valence-corrected chi connectivity index (χ1v) is 53.4. The molecule has 12 bridgehead atoms. The minimum atomic E-state index is -4.23. The third kappa shape index (κ3) is 21.6. The van der Waals surface area contributed by atoms with Crippen molar-refractivity contribution in [2.45, 2.75) is 227 Å². The number of ether oxygens (including phenoxy) is 3. The summed E-state index contributed by atoms with van der Waals surface area (Å²) in [5, 5.41) is 13.3. The fourth-order valence-corrected chi connectivity index (χ4v) is 24.8. The first kappa shape index (κ1) is 93.0. The van der Waals surface area contributed by atoms with Crippen molar-refractivity contribution in [3.63, 3.8) is 0 Å². The summed E-state index contributed by atoms with van der Waals surface area (Å²) in [5.74, 6) is 12.8. The molecule has 33 nitrogen and oxygen atoms in total. The van der Waals surface area contributed by atoms with E-state index in [0.29, 0.717) is 127 Å². The van der Waals surface area contributed by atoms with Gasteiger partial charge in [0.2, 0.25) is 17.6 Å². The molecule has 12 aliphatic rings. The highest BCUT2D eigenvalue weighted by Gasteiger charge is 2.48. The number of hydrogen-bond acceptors (Lipinski definition) is 27. The number of fused-ring (bicyclic) bond motifs is 18. The molecule has 0 radical (unpaired) electrons. The molecule has 135 heavy (non-hydrogen) atoms. The number of carbonyl (C=O) groups excluding carboxylic acids is 3. The molecular formula is C99H129N21O12S3. The Kier molecular flexibility index (Phi) is 26.1. The molecule has 6 aliphatic heterocycles. The summed E-state index contributed by atoms with van der Waals surface area (Å²) in [4.78, 5) is 81.4. The molecule has 9 fully saturated rings. The van der Waals surface area contributed by atoms with Crippen LogP contribution in [0.3, 0.4) is 0 Å². The van der Waals surface area contributed by atoms with Crippen molar-refractivity contribution in [3.05, 3.63) is 144 Å². The molecule has 3 unspecified atom stereocenters. The van der Waals surface area contributed by atoms with Crippen LogP contribution in [0.1, 0.15) is 227 Å². The van der Waals surface area contributed by atoms with E-state index >= 15 is 0 Å². The highest BCUT2D eigenvalue weighted by Crippen LogP contribution is 2.54. The SMILES string of the molecule is CN1CCCC2CN(c3nc(-n4ccc(OCCC(C5CC5)C5CC5)n4)ccc3C(=O)NS(=O)(=O)c3cccc1n3)C(C)(C)C2.CN1CCCC2CN(c3nc(-n4ccc(OCCC(C5CC5)C5CC5)n4)ccc3C(=O)NS(=O)(=O)c3cccc1n3)C(C)(C)C2.CN1CCCC2CN(c3nc(-n4ccc(OCCC(C5CC5)C5CC5)n4)ccc3C(=O)NS(=O)(=O)c3cccc1n3)C(C)(C)C2. The Morgan fingerprint density at radius 2 is 0.600 bits per heavy atom. The summed E-state index contributed by atoms with van der Waals surface area (Å²) in [6.45, 7) is 19.2. The van der Waals surface area contributed by atoms with Crippen LogP contribution >= 0.6 is 0 Å². The molecule has 36 heteroatoms. The zero-order valence-corrected chi connectivity index (χ0v) is 81.5. The smallest absolute Gasteiger partial charge is 0.281 e. The minimum Gasteiger partial charge on any atom is -0.477 e. The lowest BCUT2D eigenvalue weighted by Gasteiger charge is -2.34.